The highest BCUT2D eigenvalue weighted by Gasteiger charge is 2.23. The first kappa shape index (κ1) is 19.5. The van der Waals surface area contributed by atoms with Gasteiger partial charge in [-0.25, -0.2) is 4.79 Å². The van der Waals surface area contributed by atoms with Gasteiger partial charge in [0.2, 0.25) is 11.7 Å². The van der Waals surface area contributed by atoms with Gasteiger partial charge in [0.25, 0.3) is 0 Å². The molecule has 0 bridgehead atoms. The van der Waals surface area contributed by atoms with Crippen molar-refractivity contribution in [2.75, 3.05) is 6.61 Å². The van der Waals surface area contributed by atoms with Gasteiger partial charge < -0.3 is 15.2 Å². The minimum Gasteiger partial charge on any atom is -0.461 e. The second-order valence-corrected chi connectivity index (χ2v) is 5.34. The van der Waals surface area contributed by atoms with E-state index in [2.05, 4.69) is 5.32 Å². The number of aliphatic hydroxyl groups excluding tert-OH is 1. The van der Waals surface area contributed by atoms with Gasteiger partial charge >= 0.3 is 11.7 Å². The zero-order valence-corrected chi connectivity index (χ0v) is 13.3. The molecule has 0 saturated heterocycles. The summed E-state index contributed by atoms with van der Waals surface area (Å²) in [7, 11) is 0. The standard InChI is InChI=1S/C15H19FN2O6/c1-9(2)24-15(21)12(5-6-19)17-14(20)8-10-3-4-11(16)13(7-10)18(22)23/h3-4,7,9,12,19H,5-6,8H2,1-2H3,(H,17,20). The van der Waals surface area contributed by atoms with Crippen LogP contribution in [-0.2, 0) is 20.7 Å². The number of hydrogen-bond donors (Lipinski definition) is 2. The van der Waals surface area contributed by atoms with Crippen LogP contribution in [0, 0.1) is 15.9 Å². The topological polar surface area (TPSA) is 119 Å². The smallest absolute Gasteiger partial charge is 0.328 e. The lowest BCUT2D eigenvalue weighted by atomic mass is 10.1. The third-order valence-electron chi connectivity index (χ3n) is 2.96. The quantitative estimate of drug-likeness (QED) is 0.415. The van der Waals surface area contributed by atoms with Crippen molar-refractivity contribution in [1.29, 1.82) is 0 Å². The number of nitro groups is 1. The number of nitro benzene ring substituents is 1. The molecule has 0 aliphatic heterocycles. The summed E-state index contributed by atoms with van der Waals surface area (Å²) in [6.07, 6.45) is -0.686. The Morgan fingerprint density at radius 3 is 2.62 bits per heavy atom. The zero-order valence-electron chi connectivity index (χ0n) is 13.3. The van der Waals surface area contributed by atoms with Crippen LogP contribution in [0.25, 0.3) is 0 Å². The summed E-state index contributed by atoms with van der Waals surface area (Å²) in [4.78, 5) is 33.6. The molecule has 0 heterocycles. The van der Waals surface area contributed by atoms with Crippen LogP contribution >= 0.6 is 0 Å². The highest BCUT2D eigenvalue weighted by atomic mass is 19.1. The highest BCUT2D eigenvalue weighted by Crippen LogP contribution is 2.18. The number of rotatable bonds is 8. The maximum absolute atomic E-state index is 13.3. The van der Waals surface area contributed by atoms with Gasteiger partial charge in [-0.1, -0.05) is 6.07 Å². The summed E-state index contributed by atoms with van der Waals surface area (Å²) in [6.45, 7) is 2.96. The van der Waals surface area contributed by atoms with E-state index in [0.717, 1.165) is 12.1 Å². The molecule has 0 spiro atoms. The number of benzene rings is 1. The second-order valence-electron chi connectivity index (χ2n) is 5.34. The van der Waals surface area contributed by atoms with E-state index >= 15 is 0 Å². The fourth-order valence-corrected chi connectivity index (χ4v) is 1.93. The molecule has 0 radical (unpaired) electrons. The zero-order chi connectivity index (χ0) is 18.3. The number of carbonyl (C=O) groups excluding carboxylic acids is 2. The molecule has 1 atom stereocenters. The van der Waals surface area contributed by atoms with Crippen LogP contribution in [0.4, 0.5) is 10.1 Å². The molecule has 0 aliphatic carbocycles. The molecule has 1 rings (SSSR count). The van der Waals surface area contributed by atoms with Gasteiger partial charge in [-0.05, 0) is 25.5 Å². The number of halogens is 1. The fraction of sp³-hybridized carbons (Fsp3) is 0.467. The van der Waals surface area contributed by atoms with Gasteiger partial charge in [0.1, 0.15) is 6.04 Å². The number of amides is 1. The molecular weight excluding hydrogens is 323 g/mol. The molecule has 0 aromatic heterocycles. The Hall–Kier alpha value is -2.55. The minimum atomic E-state index is -1.03. The summed E-state index contributed by atoms with van der Waals surface area (Å²) in [5, 5.41) is 22.1. The predicted octanol–water partition coefficient (Wildman–Crippen LogP) is 1.10. The number of ether oxygens (including phenoxy) is 1. The van der Waals surface area contributed by atoms with Gasteiger partial charge in [0, 0.05) is 19.1 Å². The maximum Gasteiger partial charge on any atom is 0.328 e. The molecule has 2 N–H and O–H groups in total. The molecule has 8 nitrogen and oxygen atoms in total. The van der Waals surface area contributed by atoms with Crippen LogP contribution in [0.1, 0.15) is 25.8 Å². The van der Waals surface area contributed by atoms with Gasteiger partial charge in [-0.15, -0.1) is 0 Å². The Bertz CT molecular complexity index is 620. The Balaban J connectivity index is 2.77. The molecule has 0 aliphatic rings. The monoisotopic (exact) mass is 342 g/mol. The Morgan fingerprint density at radius 1 is 1.42 bits per heavy atom. The number of hydrogen-bond acceptors (Lipinski definition) is 6. The van der Waals surface area contributed by atoms with E-state index in [9.17, 15) is 24.1 Å². The molecule has 0 fully saturated rings. The average molecular weight is 342 g/mol. The molecular formula is C15H19FN2O6. The molecule has 1 aromatic carbocycles. The molecule has 0 saturated carbocycles. The first-order chi connectivity index (χ1) is 11.2. The third-order valence-corrected chi connectivity index (χ3v) is 2.96. The van der Waals surface area contributed by atoms with Crippen molar-refractivity contribution < 1.29 is 28.7 Å². The fourth-order valence-electron chi connectivity index (χ4n) is 1.93. The molecule has 24 heavy (non-hydrogen) atoms. The highest BCUT2D eigenvalue weighted by molar-refractivity contribution is 5.85. The van der Waals surface area contributed by atoms with Crippen LogP contribution in [0.15, 0.2) is 18.2 Å². The number of nitrogens with zero attached hydrogens (tertiary/aromatic N) is 1. The molecule has 132 valence electrons. The first-order valence-electron chi connectivity index (χ1n) is 7.28. The van der Waals surface area contributed by atoms with Crippen molar-refractivity contribution in [3.05, 3.63) is 39.7 Å². The summed E-state index contributed by atoms with van der Waals surface area (Å²) < 4.78 is 18.2. The van der Waals surface area contributed by atoms with E-state index in [-0.39, 0.29) is 31.1 Å². The van der Waals surface area contributed by atoms with Gasteiger partial charge in [-0.3, -0.25) is 14.9 Å². The van der Waals surface area contributed by atoms with Gasteiger partial charge in [0.15, 0.2) is 0 Å². The van der Waals surface area contributed by atoms with Gasteiger partial charge in [0.05, 0.1) is 17.4 Å². The second kappa shape index (κ2) is 8.92. The molecule has 1 aromatic rings. The third kappa shape index (κ3) is 5.92. The van der Waals surface area contributed by atoms with E-state index in [0.29, 0.717) is 0 Å². The summed E-state index contributed by atoms with van der Waals surface area (Å²) in [6, 6.07) is 2.08. The summed E-state index contributed by atoms with van der Waals surface area (Å²) in [5.41, 5.74) is -0.507. The van der Waals surface area contributed by atoms with E-state index in [1.165, 1.54) is 6.07 Å². The van der Waals surface area contributed by atoms with Crippen molar-refractivity contribution in [2.24, 2.45) is 0 Å². The number of nitrogens with one attached hydrogen (secondary N) is 1. The van der Waals surface area contributed by atoms with E-state index in [1.54, 1.807) is 13.8 Å². The van der Waals surface area contributed by atoms with Gasteiger partial charge in [-0.2, -0.15) is 4.39 Å². The summed E-state index contributed by atoms with van der Waals surface area (Å²) in [5.74, 6) is -2.28. The lowest BCUT2D eigenvalue weighted by Crippen LogP contribution is -2.43. The first-order valence-corrected chi connectivity index (χ1v) is 7.28. The van der Waals surface area contributed by atoms with E-state index < -0.39 is 34.3 Å². The van der Waals surface area contributed by atoms with Crippen molar-refractivity contribution >= 4 is 17.6 Å². The number of esters is 1. The Kier molecular flexibility index (Phi) is 7.25. The van der Waals surface area contributed by atoms with E-state index in [1.807, 2.05) is 0 Å². The molecule has 9 heteroatoms. The van der Waals surface area contributed by atoms with Crippen LogP contribution in [0.3, 0.4) is 0 Å². The summed E-state index contributed by atoms with van der Waals surface area (Å²) >= 11 is 0. The van der Waals surface area contributed by atoms with Crippen LogP contribution < -0.4 is 5.32 Å². The van der Waals surface area contributed by atoms with Crippen LogP contribution in [0.2, 0.25) is 0 Å². The Morgan fingerprint density at radius 2 is 2.08 bits per heavy atom. The lowest BCUT2D eigenvalue weighted by Gasteiger charge is -2.18. The maximum atomic E-state index is 13.3. The predicted molar refractivity (Wildman–Crippen MR) is 81.6 cm³/mol. The van der Waals surface area contributed by atoms with Crippen LogP contribution in [-0.4, -0.2) is 40.7 Å². The van der Waals surface area contributed by atoms with Crippen LogP contribution in [0.5, 0.6) is 0 Å². The SMILES string of the molecule is CC(C)OC(=O)C(CCO)NC(=O)Cc1ccc(F)c([N+](=O)[O-])c1. The molecule has 1 amide bonds. The molecule has 1 unspecified atom stereocenters. The van der Waals surface area contributed by atoms with E-state index in [4.69, 9.17) is 9.84 Å². The number of aliphatic hydroxyl groups is 1. The largest absolute Gasteiger partial charge is 0.461 e. The van der Waals surface area contributed by atoms with Crippen molar-refractivity contribution in [3.63, 3.8) is 0 Å². The van der Waals surface area contributed by atoms with Crippen molar-refractivity contribution in [2.45, 2.75) is 38.8 Å². The lowest BCUT2D eigenvalue weighted by molar-refractivity contribution is -0.387. The minimum absolute atomic E-state index is 0.0269. The number of carbonyl (C=O) groups is 2. The normalized spacial score (nSPS) is 11.9. The van der Waals surface area contributed by atoms with Crippen molar-refractivity contribution in [1.82, 2.24) is 5.32 Å². The average Bonchev–Trinajstić information content (AvgIpc) is 2.47. The van der Waals surface area contributed by atoms with Crippen molar-refractivity contribution in [3.8, 4) is 0 Å². The Labute approximate surface area is 137 Å².